The number of thiophene rings is 1. The first kappa shape index (κ1) is 11.6. The third kappa shape index (κ3) is 3.06. The first-order valence-corrected chi connectivity index (χ1v) is 6.63. The molecule has 1 fully saturated rings. The molecule has 0 saturated heterocycles. The molecule has 3 nitrogen and oxygen atoms in total. The van der Waals surface area contributed by atoms with Crippen LogP contribution in [0, 0.1) is 0 Å². The van der Waals surface area contributed by atoms with Crippen LogP contribution in [0.3, 0.4) is 0 Å². The summed E-state index contributed by atoms with van der Waals surface area (Å²) < 4.78 is 0. The van der Waals surface area contributed by atoms with Crippen LogP contribution in [0.1, 0.15) is 24.1 Å². The van der Waals surface area contributed by atoms with Crippen molar-refractivity contribution in [2.24, 2.45) is 0 Å². The van der Waals surface area contributed by atoms with Crippen molar-refractivity contribution in [3.63, 3.8) is 0 Å². The first-order valence-electron chi connectivity index (χ1n) is 5.75. The van der Waals surface area contributed by atoms with E-state index < -0.39 is 0 Å². The fraction of sp³-hybridized carbons (Fsp3) is 0.583. The van der Waals surface area contributed by atoms with Crippen molar-refractivity contribution in [1.29, 1.82) is 0 Å². The van der Waals surface area contributed by atoms with E-state index in [4.69, 9.17) is 0 Å². The number of rotatable bonds is 5. The maximum atomic E-state index is 11.6. The van der Waals surface area contributed by atoms with Gasteiger partial charge in [0.25, 0.3) is 0 Å². The van der Waals surface area contributed by atoms with Gasteiger partial charge in [-0.15, -0.1) is 11.3 Å². The average Bonchev–Trinajstić information content (AvgIpc) is 2.63. The second-order valence-corrected chi connectivity index (χ2v) is 5.39. The van der Waals surface area contributed by atoms with Gasteiger partial charge in [0.2, 0.25) is 5.91 Å². The highest BCUT2D eigenvalue weighted by molar-refractivity contribution is 7.09. The molecular weight excluding hydrogens is 220 g/mol. The third-order valence-electron chi connectivity index (χ3n) is 3.13. The number of carbonyl (C=O) groups is 1. The molecular formula is C12H18N2OS. The zero-order valence-electron chi connectivity index (χ0n) is 9.61. The Morgan fingerprint density at radius 3 is 3.00 bits per heavy atom. The fourth-order valence-corrected chi connectivity index (χ4v) is 2.48. The average molecular weight is 238 g/mol. The lowest BCUT2D eigenvalue weighted by Crippen LogP contribution is -2.43. The van der Waals surface area contributed by atoms with Crippen molar-refractivity contribution < 1.29 is 4.79 Å². The summed E-state index contributed by atoms with van der Waals surface area (Å²) in [4.78, 5) is 15.0. The molecule has 1 saturated carbocycles. The summed E-state index contributed by atoms with van der Waals surface area (Å²) in [6, 6.07) is 4.68. The second-order valence-electron chi connectivity index (χ2n) is 4.36. The van der Waals surface area contributed by atoms with Gasteiger partial charge in [-0.3, -0.25) is 9.69 Å². The summed E-state index contributed by atoms with van der Waals surface area (Å²) >= 11 is 1.68. The maximum absolute atomic E-state index is 11.6. The van der Waals surface area contributed by atoms with Gasteiger partial charge in [0.15, 0.2) is 0 Å². The fourth-order valence-electron chi connectivity index (χ4n) is 1.84. The summed E-state index contributed by atoms with van der Waals surface area (Å²) in [6.07, 6.45) is 3.80. The molecule has 0 bridgehead atoms. The van der Waals surface area contributed by atoms with E-state index in [9.17, 15) is 4.79 Å². The molecule has 0 radical (unpaired) electrons. The molecule has 1 heterocycles. The molecule has 1 amide bonds. The predicted octanol–water partition coefficient (Wildman–Crippen LogP) is 1.85. The SMILES string of the molecule is CN(CC(=O)NCc1cccs1)C1CCC1. The summed E-state index contributed by atoms with van der Waals surface area (Å²) in [5, 5.41) is 4.98. The van der Waals surface area contributed by atoms with Crippen LogP contribution in [-0.4, -0.2) is 30.4 Å². The Balaban J connectivity index is 1.67. The molecule has 1 N–H and O–H groups in total. The monoisotopic (exact) mass is 238 g/mol. The Bertz CT molecular complexity index is 333. The number of hydrogen-bond donors (Lipinski definition) is 1. The second kappa shape index (κ2) is 5.46. The minimum Gasteiger partial charge on any atom is -0.350 e. The van der Waals surface area contributed by atoms with Gasteiger partial charge in [0, 0.05) is 10.9 Å². The summed E-state index contributed by atoms with van der Waals surface area (Å²) in [7, 11) is 2.04. The molecule has 1 aliphatic carbocycles. The molecule has 0 aromatic carbocycles. The zero-order chi connectivity index (χ0) is 11.4. The topological polar surface area (TPSA) is 32.3 Å². The molecule has 0 spiro atoms. The Kier molecular flexibility index (Phi) is 3.96. The molecule has 1 aromatic rings. The van der Waals surface area contributed by atoms with Gasteiger partial charge in [0.1, 0.15) is 0 Å². The van der Waals surface area contributed by atoms with Gasteiger partial charge in [-0.25, -0.2) is 0 Å². The number of amides is 1. The molecule has 0 atom stereocenters. The summed E-state index contributed by atoms with van der Waals surface area (Å²) in [5.41, 5.74) is 0. The Morgan fingerprint density at radius 1 is 1.62 bits per heavy atom. The van der Waals surface area contributed by atoms with E-state index in [1.54, 1.807) is 11.3 Å². The van der Waals surface area contributed by atoms with Gasteiger partial charge in [-0.1, -0.05) is 12.5 Å². The smallest absolute Gasteiger partial charge is 0.234 e. The van der Waals surface area contributed by atoms with Crippen LogP contribution < -0.4 is 5.32 Å². The van der Waals surface area contributed by atoms with Crippen molar-refractivity contribution in [3.05, 3.63) is 22.4 Å². The molecule has 16 heavy (non-hydrogen) atoms. The van der Waals surface area contributed by atoms with Crippen LogP contribution in [0.2, 0.25) is 0 Å². The minimum atomic E-state index is 0.128. The normalized spacial score (nSPS) is 16.1. The van der Waals surface area contributed by atoms with Gasteiger partial charge in [-0.05, 0) is 31.3 Å². The molecule has 88 valence electrons. The Morgan fingerprint density at radius 2 is 2.44 bits per heavy atom. The maximum Gasteiger partial charge on any atom is 0.234 e. The molecule has 1 aromatic heterocycles. The number of likely N-dealkylation sites (N-methyl/N-ethyl adjacent to an activating group) is 1. The van der Waals surface area contributed by atoms with E-state index >= 15 is 0 Å². The van der Waals surface area contributed by atoms with Gasteiger partial charge in [0.05, 0.1) is 13.1 Å². The highest BCUT2D eigenvalue weighted by Gasteiger charge is 2.23. The van der Waals surface area contributed by atoms with E-state index in [1.807, 2.05) is 24.6 Å². The molecule has 4 heteroatoms. The van der Waals surface area contributed by atoms with E-state index in [2.05, 4.69) is 10.2 Å². The van der Waals surface area contributed by atoms with E-state index in [0.29, 0.717) is 19.1 Å². The van der Waals surface area contributed by atoms with E-state index in [-0.39, 0.29) is 5.91 Å². The zero-order valence-corrected chi connectivity index (χ0v) is 10.4. The molecule has 0 aliphatic heterocycles. The van der Waals surface area contributed by atoms with Crippen molar-refractivity contribution >= 4 is 17.2 Å². The Hall–Kier alpha value is -0.870. The van der Waals surface area contributed by atoms with Crippen molar-refractivity contribution in [2.45, 2.75) is 31.8 Å². The standard InChI is InChI=1S/C12H18N2OS/c1-14(10-4-2-5-10)9-12(15)13-8-11-6-3-7-16-11/h3,6-7,10H,2,4-5,8-9H2,1H3,(H,13,15). The third-order valence-corrected chi connectivity index (χ3v) is 4.01. The lowest BCUT2D eigenvalue weighted by Gasteiger charge is -2.34. The number of nitrogens with one attached hydrogen (secondary N) is 1. The predicted molar refractivity (Wildman–Crippen MR) is 66.4 cm³/mol. The molecule has 2 rings (SSSR count). The first-order chi connectivity index (χ1) is 7.75. The number of nitrogens with zero attached hydrogens (tertiary/aromatic N) is 1. The van der Waals surface area contributed by atoms with Gasteiger partial charge < -0.3 is 5.32 Å². The van der Waals surface area contributed by atoms with Gasteiger partial charge >= 0.3 is 0 Å². The van der Waals surface area contributed by atoms with Crippen LogP contribution >= 0.6 is 11.3 Å². The summed E-state index contributed by atoms with van der Waals surface area (Å²) in [5.74, 6) is 0.128. The van der Waals surface area contributed by atoms with Crippen molar-refractivity contribution in [1.82, 2.24) is 10.2 Å². The quantitative estimate of drug-likeness (QED) is 0.849. The Labute approximate surface area is 100 Å². The van der Waals surface area contributed by atoms with Crippen molar-refractivity contribution in [2.75, 3.05) is 13.6 Å². The van der Waals surface area contributed by atoms with Crippen LogP contribution in [0.4, 0.5) is 0 Å². The van der Waals surface area contributed by atoms with Crippen LogP contribution in [0.5, 0.6) is 0 Å². The lowest BCUT2D eigenvalue weighted by atomic mass is 9.92. The largest absolute Gasteiger partial charge is 0.350 e. The summed E-state index contributed by atoms with van der Waals surface area (Å²) in [6.45, 7) is 1.19. The van der Waals surface area contributed by atoms with Crippen LogP contribution in [0.25, 0.3) is 0 Å². The number of hydrogen-bond acceptors (Lipinski definition) is 3. The highest BCUT2D eigenvalue weighted by atomic mass is 32.1. The van der Waals surface area contributed by atoms with Crippen LogP contribution in [0.15, 0.2) is 17.5 Å². The molecule has 1 aliphatic rings. The highest BCUT2D eigenvalue weighted by Crippen LogP contribution is 2.22. The number of carbonyl (C=O) groups excluding carboxylic acids is 1. The van der Waals surface area contributed by atoms with Crippen molar-refractivity contribution in [3.8, 4) is 0 Å². The van der Waals surface area contributed by atoms with Crippen LogP contribution in [-0.2, 0) is 11.3 Å². The van der Waals surface area contributed by atoms with Gasteiger partial charge in [-0.2, -0.15) is 0 Å². The van der Waals surface area contributed by atoms with E-state index in [0.717, 1.165) is 0 Å². The molecule has 0 unspecified atom stereocenters. The lowest BCUT2D eigenvalue weighted by molar-refractivity contribution is -0.122. The minimum absolute atomic E-state index is 0.128. The van der Waals surface area contributed by atoms with E-state index in [1.165, 1.54) is 24.1 Å².